The molecule has 0 bridgehead atoms. The lowest BCUT2D eigenvalue weighted by molar-refractivity contribution is -0.115. The number of anilines is 2. The molecule has 0 atom stereocenters. The van der Waals surface area contributed by atoms with Crippen molar-refractivity contribution in [1.82, 2.24) is 4.98 Å². The molecular formula is C24H21N3O4S2. The van der Waals surface area contributed by atoms with Crippen molar-refractivity contribution >= 4 is 38.1 Å². The molecule has 0 aliphatic rings. The highest BCUT2D eigenvalue weighted by molar-refractivity contribution is 7.93. The van der Waals surface area contributed by atoms with Crippen LogP contribution in [0.15, 0.2) is 89.1 Å². The van der Waals surface area contributed by atoms with Crippen molar-refractivity contribution in [3.05, 3.63) is 95.5 Å². The van der Waals surface area contributed by atoms with Gasteiger partial charge in [0.1, 0.15) is 11.5 Å². The molecule has 0 unspecified atom stereocenters. The second kappa shape index (κ2) is 9.85. The topological polar surface area (TPSA) is 97.4 Å². The fraction of sp³-hybridized carbons (Fsp3) is 0.0833. The van der Waals surface area contributed by atoms with Crippen molar-refractivity contribution in [2.24, 2.45) is 0 Å². The average Bonchev–Trinajstić information content (AvgIpc) is 3.22. The fourth-order valence-corrected chi connectivity index (χ4v) is 4.89. The Kier molecular flexibility index (Phi) is 6.71. The minimum Gasteiger partial charge on any atom is -0.457 e. The number of benzene rings is 3. The third-order valence-electron chi connectivity index (χ3n) is 4.56. The van der Waals surface area contributed by atoms with Crippen LogP contribution in [-0.4, -0.2) is 19.3 Å². The molecule has 0 aliphatic heterocycles. The molecule has 0 spiro atoms. The summed E-state index contributed by atoms with van der Waals surface area (Å²) < 4.78 is 33.2. The summed E-state index contributed by atoms with van der Waals surface area (Å²) in [5, 5.41) is 4.67. The van der Waals surface area contributed by atoms with Crippen LogP contribution in [0, 0.1) is 6.92 Å². The highest BCUT2D eigenvalue weighted by Gasteiger charge is 2.16. The fourth-order valence-electron chi connectivity index (χ4n) is 2.93. The van der Waals surface area contributed by atoms with Gasteiger partial charge in [-0.05, 0) is 55.5 Å². The molecule has 0 saturated heterocycles. The van der Waals surface area contributed by atoms with Crippen LogP contribution in [0.3, 0.4) is 0 Å². The summed E-state index contributed by atoms with van der Waals surface area (Å²) in [4.78, 5) is 16.8. The maximum Gasteiger partial charge on any atom is 0.263 e. The van der Waals surface area contributed by atoms with Crippen LogP contribution >= 0.6 is 11.3 Å². The van der Waals surface area contributed by atoms with Crippen molar-refractivity contribution in [3.63, 3.8) is 0 Å². The summed E-state index contributed by atoms with van der Waals surface area (Å²) in [7, 11) is -3.74. The molecule has 0 aliphatic carbocycles. The van der Waals surface area contributed by atoms with E-state index >= 15 is 0 Å². The molecule has 2 N–H and O–H groups in total. The van der Waals surface area contributed by atoms with Gasteiger partial charge in [-0.2, -0.15) is 0 Å². The molecule has 168 valence electrons. The van der Waals surface area contributed by atoms with Crippen molar-refractivity contribution in [3.8, 4) is 11.5 Å². The molecule has 9 heteroatoms. The number of ether oxygens (including phenoxy) is 1. The predicted octanol–water partition coefficient (Wildman–Crippen LogP) is 5.23. The molecular weight excluding hydrogens is 458 g/mol. The minimum atomic E-state index is -3.74. The monoisotopic (exact) mass is 479 g/mol. The van der Waals surface area contributed by atoms with Gasteiger partial charge >= 0.3 is 0 Å². The zero-order chi connectivity index (χ0) is 23.3. The van der Waals surface area contributed by atoms with Crippen LogP contribution in [-0.2, 0) is 21.2 Å². The normalized spacial score (nSPS) is 11.1. The van der Waals surface area contributed by atoms with Gasteiger partial charge in [-0.3, -0.25) is 9.52 Å². The van der Waals surface area contributed by atoms with E-state index in [-0.39, 0.29) is 22.4 Å². The molecule has 1 amide bonds. The number of amides is 1. The number of carbonyl (C=O) groups excluding carboxylic acids is 1. The molecule has 7 nitrogen and oxygen atoms in total. The van der Waals surface area contributed by atoms with E-state index in [1.807, 2.05) is 37.3 Å². The zero-order valence-corrected chi connectivity index (χ0v) is 19.3. The van der Waals surface area contributed by atoms with Gasteiger partial charge in [-0.1, -0.05) is 35.9 Å². The number of carbonyl (C=O) groups is 1. The quantitative estimate of drug-likeness (QED) is 0.361. The molecule has 0 saturated carbocycles. The average molecular weight is 480 g/mol. The first-order valence-electron chi connectivity index (χ1n) is 10.0. The maximum absolute atomic E-state index is 12.5. The van der Waals surface area contributed by atoms with Crippen LogP contribution in [0.5, 0.6) is 11.5 Å². The summed E-state index contributed by atoms with van der Waals surface area (Å²) in [5.74, 6) is 1.13. The number of nitrogens with zero attached hydrogens (tertiary/aromatic N) is 1. The molecule has 4 rings (SSSR count). The van der Waals surface area contributed by atoms with E-state index in [1.54, 1.807) is 41.8 Å². The van der Waals surface area contributed by atoms with Crippen LogP contribution in [0.1, 0.15) is 11.3 Å². The number of para-hydroxylation sites is 1. The van der Waals surface area contributed by atoms with E-state index in [9.17, 15) is 13.2 Å². The number of sulfonamides is 1. The van der Waals surface area contributed by atoms with Crippen molar-refractivity contribution < 1.29 is 17.9 Å². The van der Waals surface area contributed by atoms with Gasteiger partial charge in [-0.25, -0.2) is 13.4 Å². The van der Waals surface area contributed by atoms with Crippen LogP contribution in [0.25, 0.3) is 0 Å². The highest BCUT2D eigenvalue weighted by Crippen LogP contribution is 2.23. The Morgan fingerprint density at radius 1 is 0.939 bits per heavy atom. The number of rotatable bonds is 8. The number of aromatic nitrogens is 1. The first-order valence-corrected chi connectivity index (χ1v) is 12.4. The Balaban J connectivity index is 1.32. The standard InChI is InChI=1S/C24H21N3O4S2/c1-17-7-13-22(14-8-17)33(29,30)27-24-26-19(16-32-24)15-23(28)25-18-9-11-21(12-10-18)31-20-5-3-2-4-6-20/h2-14,16H,15H2,1H3,(H,25,28)(H,26,27). The molecule has 33 heavy (non-hydrogen) atoms. The molecule has 0 fully saturated rings. The number of aryl methyl sites for hydroxylation is 1. The summed E-state index contributed by atoms with van der Waals surface area (Å²) >= 11 is 1.13. The molecule has 0 radical (unpaired) electrons. The smallest absolute Gasteiger partial charge is 0.263 e. The highest BCUT2D eigenvalue weighted by atomic mass is 32.2. The third-order valence-corrected chi connectivity index (χ3v) is 6.85. The number of thiazole rings is 1. The van der Waals surface area contributed by atoms with E-state index in [0.29, 0.717) is 17.1 Å². The first kappa shape index (κ1) is 22.5. The lowest BCUT2D eigenvalue weighted by Crippen LogP contribution is -2.15. The van der Waals surface area contributed by atoms with Gasteiger partial charge in [0, 0.05) is 11.1 Å². The lowest BCUT2D eigenvalue weighted by Gasteiger charge is -2.08. The van der Waals surface area contributed by atoms with Gasteiger partial charge in [0.2, 0.25) is 5.91 Å². The van der Waals surface area contributed by atoms with Crippen molar-refractivity contribution in [2.75, 3.05) is 10.0 Å². The second-order valence-electron chi connectivity index (χ2n) is 7.23. The zero-order valence-electron chi connectivity index (χ0n) is 17.7. The summed E-state index contributed by atoms with van der Waals surface area (Å²) in [5.41, 5.74) is 2.06. The van der Waals surface area contributed by atoms with E-state index in [2.05, 4.69) is 15.0 Å². The number of hydrogen-bond donors (Lipinski definition) is 2. The van der Waals surface area contributed by atoms with Crippen LogP contribution in [0.4, 0.5) is 10.8 Å². The second-order valence-corrected chi connectivity index (χ2v) is 9.77. The summed E-state index contributed by atoms with van der Waals surface area (Å²) in [6, 6.07) is 23.0. The van der Waals surface area contributed by atoms with E-state index in [0.717, 1.165) is 22.6 Å². The predicted molar refractivity (Wildman–Crippen MR) is 129 cm³/mol. The Bertz CT molecular complexity index is 1330. The van der Waals surface area contributed by atoms with E-state index in [1.165, 1.54) is 12.1 Å². The largest absolute Gasteiger partial charge is 0.457 e. The van der Waals surface area contributed by atoms with Gasteiger partial charge in [0.15, 0.2) is 5.13 Å². The number of hydrogen-bond acceptors (Lipinski definition) is 6. The first-order chi connectivity index (χ1) is 15.9. The van der Waals surface area contributed by atoms with Gasteiger partial charge in [0.05, 0.1) is 17.0 Å². The Hall–Kier alpha value is -3.69. The van der Waals surface area contributed by atoms with Gasteiger partial charge in [0.25, 0.3) is 10.0 Å². The SMILES string of the molecule is Cc1ccc(S(=O)(=O)Nc2nc(CC(=O)Nc3ccc(Oc4ccccc4)cc3)cs2)cc1. The number of nitrogens with one attached hydrogen (secondary N) is 2. The minimum absolute atomic E-state index is 0.0189. The Labute approximate surface area is 196 Å². The molecule has 1 aromatic heterocycles. The molecule has 1 heterocycles. The summed E-state index contributed by atoms with van der Waals surface area (Å²) in [6.45, 7) is 1.88. The van der Waals surface area contributed by atoms with Crippen LogP contribution in [0.2, 0.25) is 0 Å². The van der Waals surface area contributed by atoms with Gasteiger partial charge < -0.3 is 10.1 Å². The summed E-state index contributed by atoms with van der Waals surface area (Å²) in [6.07, 6.45) is 0.0189. The molecule has 3 aromatic carbocycles. The van der Waals surface area contributed by atoms with Crippen molar-refractivity contribution in [1.29, 1.82) is 0 Å². The molecule has 4 aromatic rings. The van der Waals surface area contributed by atoms with Crippen molar-refractivity contribution in [2.45, 2.75) is 18.2 Å². The Morgan fingerprint density at radius 3 is 2.30 bits per heavy atom. The van der Waals surface area contributed by atoms with Gasteiger partial charge in [-0.15, -0.1) is 11.3 Å². The maximum atomic E-state index is 12.5. The lowest BCUT2D eigenvalue weighted by atomic mass is 10.2. The van der Waals surface area contributed by atoms with Crippen LogP contribution < -0.4 is 14.8 Å². The third kappa shape index (κ3) is 6.18. The van der Waals surface area contributed by atoms with E-state index in [4.69, 9.17) is 4.74 Å². The Morgan fingerprint density at radius 2 is 1.61 bits per heavy atom. The van der Waals surface area contributed by atoms with E-state index < -0.39 is 10.0 Å².